The number of fused-ring (bicyclic) bond motifs is 2. The fourth-order valence-electron chi connectivity index (χ4n) is 12.6. The Morgan fingerprint density at radius 2 is 0.579 bits per heavy atom. The van der Waals surface area contributed by atoms with Gasteiger partial charge in [0.1, 0.15) is 0 Å². The molecule has 0 aliphatic heterocycles. The third-order valence-corrected chi connectivity index (χ3v) is 15.9. The number of hydrogen-bond donors (Lipinski definition) is 0. The first-order chi connectivity index (χ1) is 37.7. The SMILES string of the molecule is c1ccc(-n2c3cccc4ccc5cc(N(c6ccc(-c7ccc(N(c8cc9ccc%10cccc%11c%10c9c(c8)n%11-c8ccccc8)c8cccc9ccccc89)cc7)cc6)c6cccc7ccccc67)cc2c5c43)cc1. The van der Waals surface area contributed by atoms with Gasteiger partial charge >= 0.3 is 0 Å². The summed E-state index contributed by atoms with van der Waals surface area (Å²) < 4.78 is 4.88. The summed E-state index contributed by atoms with van der Waals surface area (Å²) in [6.07, 6.45) is 0. The van der Waals surface area contributed by atoms with Crippen molar-refractivity contribution in [3.63, 3.8) is 0 Å². The minimum absolute atomic E-state index is 1.08. The first-order valence-corrected chi connectivity index (χ1v) is 26.2. The van der Waals surface area contributed by atoms with Crippen LogP contribution in [0, 0.1) is 0 Å². The maximum Gasteiger partial charge on any atom is 0.0568 e. The highest BCUT2D eigenvalue weighted by molar-refractivity contribution is 6.26. The fourth-order valence-corrected chi connectivity index (χ4v) is 12.6. The van der Waals surface area contributed by atoms with Crippen LogP contribution in [0.25, 0.3) is 109 Å². The van der Waals surface area contributed by atoms with Crippen LogP contribution in [0.1, 0.15) is 0 Å². The van der Waals surface area contributed by atoms with Crippen LogP contribution in [-0.4, -0.2) is 9.13 Å². The van der Waals surface area contributed by atoms with E-state index in [0.717, 1.165) is 56.6 Å². The van der Waals surface area contributed by atoms with Crippen molar-refractivity contribution in [2.45, 2.75) is 0 Å². The number of para-hydroxylation sites is 2. The highest BCUT2D eigenvalue weighted by Gasteiger charge is 2.24. The zero-order valence-electron chi connectivity index (χ0n) is 41.3. The second-order valence-electron chi connectivity index (χ2n) is 20.1. The summed E-state index contributed by atoms with van der Waals surface area (Å²) in [6.45, 7) is 0. The average Bonchev–Trinajstić information content (AvgIpc) is 4.09. The van der Waals surface area contributed by atoms with Gasteiger partial charge < -0.3 is 18.9 Å². The molecule has 0 aliphatic carbocycles. The van der Waals surface area contributed by atoms with Crippen molar-refractivity contribution >= 4 is 121 Å². The van der Waals surface area contributed by atoms with Crippen LogP contribution < -0.4 is 9.80 Å². The lowest BCUT2D eigenvalue weighted by atomic mass is 9.99. The molecule has 0 fully saturated rings. The molecule has 0 unspecified atom stereocenters. The minimum Gasteiger partial charge on any atom is -0.310 e. The molecule has 0 saturated carbocycles. The van der Waals surface area contributed by atoms with E-state index in [1.54, 1.807) is 0 Å². The van der Waals surface area contributed by atoms with Gasteiger partial charge in [0.05, 0.1) is 33.4 Å². The summed E-state index contributed by atoms with van der Waals surface area (Å²) in [5.74, 6) is 0. The predicted molar refractivity (Wildman–Crippen MR) is 322 cm³/mol. The van der Waals surface area contributed by atoms with E-state index in [1.165, 1.54) is 86.7 Å². The topological polar surface area (TPSA) is 16.3 Å². The van der Waals surface area contributed by atoms with E-state index in [4.69, 9.17) is 0 Å². The molecule has 4 heteroatoms. The molecular formula is C72H46N4. The van der Waals surface area contributed by atoms with Crippen LogP contribution in [0.2, 0.25) is 0 Å². The van der Waals surface area contributed by atoms with Crippen molar-refractivity contribution in [1.29, 1.82) is 0 Å². The fraction of sp³-hybridized carbons (Fsp3) is 0. The van der Waals surface area contributed by atoms with E-state index in [9.17, 15) is 0 Å². The minimum atomic E-state index is 1.08. The Morgan fingerprint density at radius 1 is 0.224 bits per heavy atom. The number of benzene rings is 14. The number of aromatic nitrogens is 2. The van der Waals surface area contributed by atoms with Crippen LogP contribution in [0.15, 0.2) is 279 Å². The van der Waals surface area contributed by atoms with Gasteiger partial charge in [-0.05, 0) is 141 Å². The monoisotopic (exact) mass is 966 g/mol. The van der Waals surface area contributed by atoms with Crippen LogP contribution >= 0.6 is 0 Å². The van der Waals surface area contributed by atoms with E-state index in [-0.39, 0.29) is 0 Å². The Kier molecular flexibility index (Phi) is 9.30. The van der Waals surface area contributed by atoms with Gasteiger partial charge in [-0.25, -0.2) is 0 Å². The molecule has 0 radical (unpaired) electrons. The van der Waals surface area contributed by atoms with Gasteiger partial charge in [-0.15, -0.1) is 0 Å². The molecule has 16 rings (SSSR count). The van der Waals surface area contributed by atoms with Crippen molar-refractivity contribution in [3.8, 4) is 22.5 Å². The average molecular weight is 967 g/mol. The number of hydrogen-bond acceptors (Lipinski definition) is 2. The molecule has 0 amide bonds. The lowest BCUT2D eigenvalue weighted by molar-refractivity contribution is 1.18. The predicted octanol–water partition coefficient (Wildman–Crippen LogP) is 20.0. The molecule has 2 heterocycles. The Bertz CT molecular complexity index is 4540. The molecular weight excluding hydrogens is 921 g/mol. The summed E-state index contributed by atoms with van der Waals surface area (Å²) in [5.41, 5.74) is 16.0. The van der Waals surface area contributed by atoms with E-state index in [1.807, 2.05) is 0 Å². The lowest BCUT2D eigenvalue weighted by Crippen LogP contribution is -2.11. The molecule has 0 atom stereocenters. The van der Waals surface area contributed by atoms with E-state index in [2.05, 4.69) is 298 Å². The van der Waals surface area contributed by atoms with Gasteiger partial charge in [-0.1, -0.05) is 182 Å². The van der Waals surface area contributed by atoms with Crippen LogP contribution in [0.3, 0.4) is 0 Å². The highest BCUT2D eigenvalue weighted by Crippen LogP contribution is 2.48. The second kappa shape index (κ2) is 16.7. The summed E-state index contributed by atoms with van der Waals surface area (Å²) >= 11 is 0. The van der Waals surface area contributed by atoms with Gasteiger partial charge in [0.25, 0.3) is 0 Å². The van der Waals surface area contributed by atoms with Crippen molar-refractivity contribution in [2.24, 2.45) is 0 Å². The first kappa shape index (κ1) is 42.4. The molecule has 354 valence electrons. The summed E-state index contributed by atoms with van der Waals surface area (Å²) in [4.78, 5) is 4.89. The maximum atomic E-state index is 2.45. The maximum absolute atomic E-state index is 2.45. The summed E-state index contributed by atoms with van der Waals surface area (Å²) in [6, 6.07) is 103. The third kappa shape index (κ3) is 6.44. The molecule has 16 aromatic rings. The van der Waals surface area contributed by atoms with Crippen LogP contribution in [-0.2, 0) is 0 Å². The van der Waals surface area contributed by atoms with Gasteiger partial charge in [-0.2, -0.15) is 0 Å². The van der Waals surface area contributed by atoms with Crippen molar-refractivity contribution in [2.75, 3.05) is 9.80 Å². The standard InChI is InChI=1S/C72H46N4/c1-3-21-55(22-4-1)75-65-29-13-19-51-31-33-53-43-59(45-67(75)71(53)69(51)65)73(63-27-11-17-49-15-7-9-25-61(49)63)57-39-35-47(36-40-57)48-37-41-58(42-38-48)74(64-28-12-18-50-16-8-10-26-62(50)64)60-44-54-34-32-52-20-14-30-66-70(52)72(54)68(46-60)76(66)56-23-5-2-6-24-56/h1-46H. The molecule has 0 N–H and O–H groups in total. The molecule has 0 bridgehead atoms. The third-order valence-electron chi connectivity index (χ3n) is 15.9. The summed E-state index contributed by atoms with van der Waals surface area (Å²) in [7, 11) is 0. The Labute approximate surface area is 439 Å². The second-order valence-corrected chi connectivity index (χ2v) is 20.1. The molecule has 4 nitrogen and oxygen atoms in total. The van der Waals surface area contributed by atoms with E-state index < -0.39 is 0 Å². The van der Waals surface area contributed by atoms with E-state index >= 15 is 0 Å². The van der Waals surface area contributed by atoms with Gasteiger partial charge in [0, 0.05) is 66.4 Å². The zero-order chi connectivity index (χ0) is 49.8. The molecule has 2 aromatic heterocycles. The normalized spacial score (nSPS) is 11.9. The Hall–Kier alpha value is -10.2. The van der Waals surface area contributed by atoms with Crippen LogP contribution in [0.4, 0.5) is 34.1 Å². The van der Waals surface area contributed by atoms with Crippen LogP contribution in [0.5, 0.6) is 0 Å². The zero-order valence-corrected chi connectivity index (χ0v) is 41.3. The molecule has 14 aromatic carbocycles. The summed E-state index contributed by atoms with van der Waals surface area (Å²) in [5, 5.41) is 14.9. The Balaban J connectivity index is 0.836. The quantitative estimate of drug-likeness (QED) is 0.134. The number of anilines is 6. The smallest absolute Gasteiger partial charge is 0.0568 e. The Morgan fingerprint density at radius 3 is 1.03 bits per heavy atom. The van der Waals surface area contributed by atoms with Crippen molar-refractivity contribution in [3.05, 3.63) is 279 Å². The largest absolute Gasteiger partial charge is 0.310 e. The van der Waals surface area contributed by atoms with Gasteiger partial charge in [0.15, 0.2) is 0 Å². The molecule has 0 saturated heterocycles. The van der Waals surface area contributed by atoms with Crippen molar-refractivity contribution < 1.29 is 0 Å². The van der Waals surface area contributed by atoms with Gasteiger partial charge in [-0.3, -0.25) is 0 Å². The number of rotatable bonds is 9. The van der Waals surface area contributed by atoms with E-state index in [0.29, 0.717) is 0 Å². The molecule has 0 spiro atoms. The molecule has 0 aliphatic rings. The first-order valence-electron chi connectivity index (χ1n) is 26.2. The lowest BCUT2D eigenvalue weighted by Gasteiger charge is -2.28. The van der Waals surface area contributed by atoms with Crippen molar-refractivity contribution in [1.82, 2.24) is 9.13 Å². The highest BCUT2D eigenvalue weighted by atomic mass is 15.2. The number of nitrogens with zero attached hydrogens (tertiary/aromatic N) is 4. The van der Waals surface area contributed by atoms with Gasteiger partial charge in [0.2, 0.25) is 0 Å². The molecule has 76 heavy (non-hydrogen) atoms.